The van der Waals surface area contributed by atoms with Gasteiger partial charge < -0.3 is 4.90 Å². The molecule has 11 heavy (non-hydrogen) atoms. The van der Waals surface area contributed by atoms with E-state index in [-0.39, 0.29) is 0 Å². The third-order valence-corrected chi connectivity index (χ3v) is 3.49. The molecule has 0 spiro atoms. The Balaban J connectivity index is 1.41. The maximum absolute atomic E-state index is 2.67. The van der Waals surface area contributed by atoms with Crippen LogP contribution < -0.4 is 0 Å². The quantitative estimate of drug-likeness (QED) is 0.594. The van der Waals surface area contributed by atoms with Gasteiger partial charge in [-0.05, 0) is 43.4 Å². The van der Waals surface area contributed by atoms with Gasteiger partial charge in [0.2, 0.25) is 0 Å². The topological polar surface area (TPSA) is 3.24 Å². The van der Waals surface area contributed by atoms with Gasteiger partial charge in [0, 0.05) is 19.6 Å². The molecule has 3 fully saturated rings. The smallest absolute Gasteiger partial charge is 0.00248 e. The van der Waals surface area contributed by atoms with E-state index >= 15 is 0 Å². The monoisotopic (exact) mass is 151 g/mol. The molecule has 0 radical (unpaired) electrons. The number of hydrogen-bond acceptors (Lipinski definition) is 1. The molecule has 0 N–H and O–H groups in total. The Labute approximate surface area is 68.8 Å². The highest BCUT2D eigenvalue weighted by molar-refractivity contribution is 4.93. The molecule has 3 rings (SSSR count). The Hall–Kier alpha value is -0.0400. The first-order valence-electron chi connectivity index (χ1n) is 5.14. The van der Waals surface area contributed by atoms with Crippen molar-refractivity contribution in [3.63, 3.8) is 0 Å². The first-order valence-corrected chi connectivity index (χ1v) is 5.14. The lowest BCUT2D eigenvalue weighted by Crippen LogP contribution is -2.48. The predicted molar refractivity (Wildman–Crippen MR) is 45.4 cm³/mol. The molecule has 3 aliphatic rings. The zero-order valence-electron chi connectivity index (χ0n) is 7.13. The number of hydrogen-bond donors (Lipinski definition) is 0. The Morgan fingerprint density at radius 1 is 0.909 bits per heavy atom. The standard InChI is InChI=1S/C10H17N/c1-2-8(1)5-11-6-10(7-11)9-3-4-9/h8-10H,1-7H2. The molecule has 1 saturated heterocycles. The summed E-state index contributed by atoms with van der Waals surface area (Å²) in [5, 5.41) is 0. The zero-order chi connectivity index (χ0) is 7.26. The molecule has 0 atom stereocenters. The SMILES string of the molecule is C1CC1CN1CC(C2CC2)C1. The van der Waals surface area contributed by atoms with Crippen molar-refractivity contribution >= 4 is 0 Å². The van der Waals surface area contributed by atoms with Crippen molar-refractivity contribution < 1.29 is 0 Å². The first-order chi connectivity index (χ1) is 5.42. The van der Waals surface area contributed by atoms with Crippen LogP contribution in [0.5, 0.6) is 0 Å². The minimum Gasteiger partial charge on any atom is -0.302 e. The Morgan fingerprint density at radius 3 is 2.18 bits per heavy atom. The zero-order valence-corrected chi connectivity index (χ0v) is 7.13. The summed E-state index contributed by atoms with van der Waals surface area (Å²) >= 11 is 0. The molecular formula is C10H17N. The van der Waals surface area contributed by atoms with E-state index in [9.17, 15) is 0 Å². The van der Waals surface area contributed by atoms with Crippen molar-refractivity contribution in [2.75, 3.05) is 19.6 Å². The van der Waals surface area contributed by atoms with E-state index in [2.05, 4.69) is 4.90 Å². The summed E-state index contributed by atoms with van der Waals surface area (Å²) in [5.74, 6) is 3.38. The van der Waals surface area contributed by atoms with Crippen LogP contribution >= 0.6 is 0 Å². The lowest BCUT2D eigenvalue weighted by atomic mass is 9.94. The maximum atomic E-state index is 2.67. The van der Waals surface area contributed by atoms with E-state index < -0.39 is 0 Å². The normalized spacial score (nSPS) is 33.8. The maximum Gasteiger partial charge on any atom is 0.00248 e. The molecule has 0 bridgehead atoms. The third-order valence-electron chi connectivity index (χ3n) is 3.49. The van der Waals surface area contributed by atoms with Gasteiger partial charge in [0.1, 0.15) is 0 Å². The number of likely N-dealkylation sites (tertiary alicyclic amines) is 1. The van der Waals surface area contributed by atoms with Crippen molar-refractivity contribution in [3.05, 3.63) is 0 Å². The first kappa shape index (κ1) is 6.47. The fraction of sp³-hybridized carbons (Fsp3) is 1.00. The van der Waals surface area contributed by atoms with Crippen molar-refractivity contribution in [2.45, 2.75) is 25.7 Å². The van der Waals surface area contributed by atoms with Crippen LogP contribution in [0.25, 0.3) is 0 Å². The summed E-state index contributed by atoms with van der Waals surface area (Å²) < 4.78 is 0. The molecule has 2 saturated carbocycles. The summed E-state index contributed by atoms with van der Waals surface area (Å²) in [6.45, 7) is 4.32. The number of rotatable bonds is 3. The van der Waals surface area contributed by atoms with Crippen LogP contribution in [-0.4, -0.2) is 24.5 Å². The molecule has 62 valence electrons. The van der Waals surface area contributed by atoms with Crippen molar-refractivity contribution in [1.29, 1.82) is 0 Å². The van der Waals surface area contributed by atoms with Gasteiger partial charge >= 0.3 is 0 Å². The average molecular weight is 151 g/mol. The summed E-state index contributed by atoms with van der Waals surface area (Å²) in [5.41, 5.74) is 0. The molecule has 0 aromatic carbocycles. The average Bonchev–Trinajstić information content (AvgIpc) is 2.73. The molecule has 1 aliphatic heterocycles. The van der Waals surface area contributed by atoms with E-state index in [1.807, 2.05) is 0 Å². The van der Waals surface area contributed by atoms with Crippen LogP contribution in [-0.2, 0) is 0 Å². The van der Waals surface area contributed by atoms with Crippen molar-refractivity contribution in [2.24, 2.45) is 17.8 Å². The minimum atomic E-state index is 1.11. The summed E-state index contributed by atoms with van der Waals surface area (Å²) in [7, 11) is 0. The fourth-order valence-corrected chi connectivity index (χ4v) is 2.29. The second-order valence-corrected chi connectivity index (χ2v) is 4.76. The van der Waals surface area contributed by atoms with E-state index in [0.29, 0.717) is 0 Å². The summed E-state index contributed by atoms with van der Waals surface area (Å²) in [6, 6.07) is 0. The van der Waals surface area contributed by atoms with Gasteiger partial charge in [0.15, 0.2) is 0 Å². The Kier molecular flexibility index (Phi) is 1.31. The molecule has 2 aliphatic carbocycles. The van der Waals surface area contributed by atoms with E-state index in [1.54, 1.807) is 12.8 Å². The summed E-state index contributed by atoms with van der Waals surface area (Å²) in [6.07, 6.45) is 6.12. The van der Waals surface area contributed by atoms with Crippen LogP contribution in [0.4, 0.5) is 0 Å². The summed E-state index contributed by atoms with van der Waals surface area (Å²) in [4.78, 5) is 2.67. The van der Waals surface area contributed by atoms with Gasteiger partial charge in [-0.2, -0.15) is 0 Å². The highest BCUT2D eigenvalue weighted by Crippen LogP contribution is 2.42. The fourth-order valence-electron chi connectivity index (χ4n) is 2.29. The van der Waals surface area contributed by atoms with Crippen LogP contribution in [0.15, 0.2) is 0 Å². The lowest BCUT2D eigenvalue weighted by molar-refractivity contribution is 0.0805. The molecule has 0 unspecified atom stereocenters. The minimum absolute atomic E-state index is 1.11. The molecule has 0 amide bonds. The van der Waals surface area contributed by atoms with Crippen LogP contribution in [0.1, 0.15) is 25.7 Å². The van der Waals surface area contributed by atoms with E-state index in [1.165, 1.54) is 32.5 Å². The van der Waals surface area contributed by atoms with Crippen LogP contribution in [0, 0.1) is 17.8 Å². The predicted octanol–water partition coefficient (Wildman–Crippen LogP) is 1.74. The van der Waals surface area contributed by atoms with E-state index in [4.69, 9.17) is 0 Å². The number of nitrogens with zero attached hydrogens (tertiary/aromatic N) is 1. The van der Waals surface area contributed by atoms with Crippen molar-refractivity contribution in [1.82, 2.24) is 4.90 Å². The molecule has 1 nitrogen and oxygen atoms in total. The largest absolute Gasteiger partial charge is 0.302 e. The van der Waals surface area contributed by atoms with Gasteiger partial charge in [-0.25, -0.2) is 0 Å². The molecule has 1 heteroatoms. The highest BCUT2D eigenvalue weighted by atomic mass is 15.2. The third kappa shape index (κ3) is 1.31. The lowest BCUT2D eigenvalue weighted by Gasteiger charge is -2.39. The molecule has 0 aromatic rings. The van der Waals surface area contributed by atoms with Gasteiger partial charge in [-0.1, -0.05) is 0 Å². The Morgan fingerprint density at radius 2 is 1.64 bits per heavy atom. The Bertz CT molecular complexity index is 152. The van der Waals surface area contributed by atoms with Gasteiger partial charge in [-0.15, -0.1) is 0 Å². The second kappa shape index (κ2) is 2.22. The van der Waals surface area contributed by atoms with Gasteiger partial charge in [-0.3, -0.25) is 0 Å². The van der Waals surface area contributed by atoms with Gasteiger partial charge in [0.25, 0.3) is 0 Å². The molecule has 1 heterocycles. The van der Waals surface area contributed by atoms with Gasteiger partial charge in [0.05, 0.1) is 0 Å². The molecule has 0 aromatic heterocycles. The van der Waals surface area contributed by atoms with Crippen molar-refractivity contribution in [3.8, 4) is 0 Å². The van der Waals surface area contributed by atoms with Crippen LogP contribution in [0.2, 0.25) is 0 Å². The second-order valence-electron chi connectivity index (χ2n) is 4.76. The van der Waals surface area contributed by atoms with Crippen LogP contribution in [0.3, 0.4) is 0 Å². The highest BCUT2D eigenvalue weighted by Gasteiger charge is 2.40. The molecular weight excluding hydrogens is 134 g/mol. The van der Waals surface area contributed by atoms with E-state index in [0.717, 1.165) is 17.8 Å².